The first-order valence-corrected chi connectivity index (χ1v) is 7.69. The number of hydrogen-bond acceptors (Lipinski definition) is 3. The predicted molar refractivity (Wildman–Crippen MR) is 95.1 cm³/mol. The molecule has 1 aromatic carbocycles. The van der Waals surface area contributed by atoms with Gasteiger partial charge in [-0.25, -0.2) is 0 Å². The summed E-state index contributed by atoms with van der Waals surface area (Å²) in [7, 11) is 2.11. The van der Waals surface area contributed by atoms with E-state index in [9.17, 15) is 4.79 Å². The van der Waals surface area contributed by atoms with Crippen molar-refractivity contribution >= 4 is 18.3 Å². The van der Waals surface area contributed by atoms with Gasteiger partial charge in [-0.1, -0.05) is 44.2 Å². The largest absolute Gasteiger partial charge is 0.355 e. The number of hydrogen-bond donors (Lipinski definition) is 2. The minimum Gasteiger partial charge on any atom is -0.355 e. The monoisotopic (exact) mass is 327 g/mol. The van der Waals surface area contributed by atoms with E-state index in [0.29, 0.717) is 12.6 Å². The van der Waals surface area contributed by atoms with Gasteiger partial charge in [0.25, 0.3) is 0 Å². The molecule has 0 aromatic heterocycles. The molecule has 126 valence electrons. The number of benzene rings is 1. The van der Waals surface area contributed by atoms with Gasteiger partial charge in [0.15, 0.2) is 0 Å². The van der Waals surface area contributed by atoms with E-state index < -0.39 is 6.04 Å². The Morgan fingerprint density at radius 1 is 1.23 bits per heavy atom. The van der Waals surface area contributed by atoms with Crippen molar-refractivity contribution in [1.29, 1.82) is 0 Å². The molecule has 0 bridgehead atoms. The van der Waals surface area contributed by atoms with Crippen LogP contribution in [0.4, 0.5) is 0 Å². The molecular formula is C17H30ClN3O. The second-order valence-corrected chi connectivity index (χ2v) is 6.10. The summed E-state index contributed by atoms with van der Waals surface area (Å²) < 4.78 is 0. The van der Waals surface area contributed by atoms with Gasteiger partial charge in [-0.15, -0.1) is 12.4 Å². The van der Waals surface area contributed by atoms with E-state index >= 15 is 0 Å². The molecule has 0 aliphatic heterocycles. The van der Waals surface area contributed by atoms with Crippen LogP contribution < -0.4 is 11.1 Å². The van der Waals surface area contributed by atoms with Crippen molar-refractivity contribution < 1.29 is 4.79 Å². The molecule has 0 aliphatic carbocycles. The first-order chi connectivity index (χ1) is 9.91. The summed E-state index contributed by atoms with van der Waals surface area (Å²) in [6.45, 7) is 7.68. The smallest absolute Gasteiger partial charge is 0.237 e. The van der Waals surface area contributed by atoms with Crippen LogP contribution in [0.5, 0.6) is 0 Å². The molecule has 4 nitrogen and oxygen atoms in total. The third-order valence-electron chi connectivity index (χ3n) is 3.91. The number of halogens is 1. The summed E-state index contributed by atoms with van der Waals surface area (Å²) in [5, 5.41) is 2.92. The van der Waals surface area contributed by atoms with Crippen molar-refractivity contribution in [3.63, 3.8) is 0 Å². The molecule has 0 fully saturated rings. The fraction of sp³-hybridized carbons (Fsp3) is 0.588. The van der Waals surface area contributed by atoms with E-state index in [4.69, 9.17) is 5.73 Å². The van der Waals surface area contributed by atoms with Crippen LogP contribution in [0.15, 0.2) is 30.3 Å². The van der Waals surface area contributed by atoms with Crippen LogP contribution in [0.2, 0.25) is 0 Å². The van der Waals surface area contributed by atoms with Gasteiger partial charge >= 0.3 is 0 Å². The van der Waals surface area contributed by atoms with E-state index in [1.165, 1.54) is 5.56 Å². The zero-order valence-corrected chi connectivity index (χ0v) is 14.9. The second kappa shape index (κ2) is 10.6. The molecular weight excluding hydrogens is 298 g/mol. The Balaban J connectivity index is 0.00000441. The van der Waals surface area contributed by atoms with Gasteiger partial charge < -0.3 is 11.1 Å². The summed E-state index contributed by atoms with van der Waals surface area (Å²) in [5.41, 5.74) is 7.12. The molecule has 1 amide bonds. The Kier molecular flexibility index (Phi) is 10.1. The van der Waals surface area contributed by atoms with Crippen molar-refractivity contribution in [2.24, 2.45) is 11.7 Å². The van der Waals surface area contributed by atoms with E-state index in [0.717, 1.165) is 13.0 Å². The number of carbonyl (C=O) groups is 1. The van der Waals surface area contributed by atoms with Crippen LogP contribution in [0, 0.1) is 5.92 Å². The first-order valence-electron chi connectivity index (χ1n) is 7.69. The summed E-state index contributed by atoms with van der Waals surface area (Å²) >= 11 is 0. The molecule has 0 aliphatic rings. The highest BCUT2D eigenvalue weighted by molar-refractivity contribution is 5.85. The molecule has 5 heteroatoms. The average molecular weight is 328 g/mol. The van der Waals surface area contributed by atoms with Gasteiger partial charge in [0.1, 0.15) is 0 Å². The molecule has 3 N–H and O–H groups in total. The van der Waals surface area contributed by atoms with Crippen molar-refractivity contribution in [2.75, 3.05) is 13.6 Å². The Labute approximate surface area is 140 Å². The van der Waals surface area contributed by atoms with E-state index in [2.05, 4.69) is 48.5 Å². The summed E-state index contributed by atoms with van der Waals surface area (Å²) in [6.07, 6.45) is 0.917. The summed E-state index contributed by atoms with van der Waals surface area (Å²) in [5.74, 6) is 0.117. The van der Waals surface area contributed by atoms with Crippen LogP contribution in [0.25, 0.3) is 0 Å². The van der Waals surface area contributed by atoms with Gasteiger partial charge in [0, 0.05) is 19.1 Å². The third-order valence-corrected chi connectivity index (χ3v) is 3.91. The van der Waals surface area contributed by atoms with Gasteiger partial charge in [0.05, 0.1) is 6.04 Å². The van der Waals surface area contributed by atoms with Crippen LogP contribution >= 0.6 is 12.4 Å². The maximum absolute atomic E-state index is 11.8. The summed E-state index contributed by atoms with van der Waals surface area (Å²) in [4.78, 5) is 14.1. The molecule has 2 atom stereocenters. The fourth-order valence-electron chi connectivity index (χ4n) is 2.07. The molecule has 0 heterocycles. The maximum Gasteiger partial charge on any atom is 0.237 e. The molecule has 0 saturated heterocycles. The predicted octanol–water partition coefficient (Wildman–Crippen LogP) is 2.42. The zero-order valence-electron chi connectivity index (χ0n) is 14.1. The van der Waals surface area contributed by atoms with Crippen LogP contribution in [0.1, 0.15) is 32.8 Å². The van der Waals surface area contributed by atoms with E-state index in [1.807, 2.05) is 19.9 Å². The van der Waals surface area contributed by atoms with Crippen molar-refractivity contribution in [2.45, 2.75) is 45.8 Å². The SMILES string of the molecule is CC(C)[C@H](N)C(=O)NCCC(C)N(C)Cc1ccccc1.Cl. The quantitative estimate of drug-likeness (QED) is 0.771. The van der Waals surface area contributed by atoms with Gasteiger partial charge in [-0.05, 0) is 31.9 Å². The molecule has 0 radical (unpaired) electrons. The zero-order chi connectivity index (χ0) is 15.8. The molecule has 1 aromatic rings. The van der Waals surface area contributed by atoms with E-state index in [-0.39, 0.29) is 24.2 Å². The van der Waals surface area contributed by atoms with Crippen LogP contribution in [-0.4, -0.2) is 36.5 Å². The third kappa shape index (κ3) is 7.25. The summed E-state index contributed by atoms with van der Waals surface area (Å²) in [6, 6.07) is 10.4. The lowest BCUT2D eigenvalue weighted by molar-refractivity contribution is -0.123. The Hall–Kier alpha value is -1.10. The molecule has 22 heavy (non-hydrogen) atoms. The Bertz CT molecular complexity index is 425. The molecule has 0 saturated carbocycles. The average Bonchev–Trinajstić information content (AvgIpc) is 2.46. The first kappa shape index (κ1) is 20.9. The van der Waals surface area contributed by atoms with Crippen LogP contribution in [0.3, 0.4) is 0 Å². The maximum atomic E-state index is 11.8. The Morgan fingerprint density at radius 2 is 1.82 bits per heavy atom. The number of amides is 1. The standard InChI is InChI=1S/C17H29N3O.ClH/c1-13(2)16(18)17(21)19-11-10-14(3)20(4)12-15-8-6-5-7-9-15;/h5-9,13-14,16H,10-12,18H2,1-4H3,(H,19,21);1H/t14?,16-;/m0./s1. The molecule has 1 unspecified atom stereocenters. The number of nitrogens with one attached hydrogen (secondary N) is 1. The van der Waals surface area contributed by atoms with Crippen molar-refractivity contribution in [3.8, 4) is 0 Å². The van der Waals surface area contributed by atoms with Gasteiger partial charge in [-0.2, -0.15) is 0 Å². The minimum atomic E-state index is -0.414. The van der Waals surface area contributed by atoms with Crippen molar-refractivity contribution in [3.05, 3.63) is 35.9 Å². The van der Waals surface area contributed by atoms with Crippen molar-refractivity contribution in [1.82, 2.24) is 10.2 Å². The number of nitrogens with two attached hydrogens (primary N) is 1. The van der Waals surface area contributed by atoms with E-state index in [1.54, 1.807) is 0 Å². The van der Waals surface area contributed by atoms with Gasteiger partial charge in [0.2, 0.25) is 5.91 Å². The number of rotatable bonds is 8. The lowest BCUT2D eigenvalue weighted by Crippen LogP contribution is -2.45. The normalized spacial score (nSPS) is 13.6. The topological polar surface area (TPSA) is 58.4 Å². The highest BCUT2D eigenvalue weighted by Gasteiger charge is 2.17. The second-order valence-electron chi connectivity index (χ2n) is 6.10. The minimum absolute atomic E-state index is 0. The highest BCUT2D eigenvalue weighted by atomic mass is 35.5. The lowest BCUT2D eigenvalue weighted by Gasteiger charge is -2.25. The molecule has 1 rings (SSSR count). The number of nitrogens with zero attached hydrogens (tertiary/aromatic N) is 1. The van der Waals surface area contributed by atoms with Gasteiger partial charge in [-0.3, -0.25) is 9.69 Å². The lowest BCUT2D eigenvalue weighted by atomic mass is 10.0. The number of carbonyl (C=O) groups excluding carboxylic acids is 1. The van der Waals surface area contributed by atoms with Crippen LogP contribution in [-0.2, 0) is 11.3 Å². The molecule has 0 spiro atoms. The highest BCUT2D eigenvalue weighted by Crippen LogP contribution is 2.08. The fourth-order valence-corrected chi connectivity index (χ4v) is 2.07. The Morgan fingerprint density at radius 3 is 2.36 bits per heavy atom.